The summed E-state index contributed by atoms with van der Waals surface area (Å²) >= 11 is 3.63. The molecule has 2 aliphatic rings. The normalized spacial score (nSPS) is 26.9. The van der Waals surface area contributed by atoms with Crippen LogP contribution in [0.15, 0.2) is 22.7 Å². The van der Waals surface area contributed by atoms with Gasteiger partial charge in [-0.15, -0.1) is 0 Å². The van der Waals surface area contributed by atoms with Gasteiger partial charge in [0.15, 0.2) is 0 Å². The second-order valence-corrected chi connectivity index (χ2v) is 7.42. The van der Waals surface area contributed by atoms with Crippen molar-refractivity contribution < 1.29 is 0 Å². The topological polar surface area (TPSA) is 29.3 Å². The standard InChI is InChI=1S/C17H25BrN2/c1-2-16(19)8-12-6-7-15(18)9-17(12)20-10-13-4-3-5-14(13)11-20/h6-7,9,13-14,16H,2-5,8,10-11,19H2,1H3. The molecule has 1 aromatic rings. The van der Waals surface area contributed by atoms with Crippen molar-refractivity contribution in [2.24, 2.45) is 17.6 Å². The molecule has 0 spiro atoms. The fourth-order valence-corrected chi connectivity index (χ4v) is 4.21. The maximum Gasteiger partial charge on any atom is 0.0410 e. The van der Waals surface area contributed by atoms with Crippen molar-refractivity contribution >= 4 is 21.6 Å². The molecule has 0 bridgehead atoms. The van der Waals surface area contributed by atoms with Crippen LogP contribution in [-0.2, 0) is 6.42 Å². The van der Waals surface area contributed by atoms with E-state index in [4.69, 9.17) is 5.73 Å². The zero-order chi connectivity index (χ0) is 14.1. The Bertz CT molecular complexity index is 462. The summed E-state index contributed by atoms with van der Waals surface area (Å²) in [6.45, 7) is 4.66. The first-order valence-electron chi connectivity index (χ1n) is 7.96. The summed E-state index contributed by atoms with van der Waals surface area (Å²) in [5, 5.41) is 0. The molecule has 0 radical (unpaired) electrons. The van der Waals surface area contributed by atoms with E-state index in [2.05, 4.69) is 46.0 Å². The number of hydrogen-bond donors (Lipinski definition) is 1. The van der Waals surface area contributed by atoms with E-state index in [0.29, 0.717) is 0 Å². The zero-order valence-electron chi connectivity index (χ0n) is 12.3. The molecule has 2 fully saturated rings. The molecular weight excluding hydrogens is 312 g/mol. The van der Waals surface area contributed by atoms with Gasteiger partial charge in [-0.1, -0.05) is 35.3 Å². The molecule has 110 valence electrons. The van der Waals surface area contributed by atoms with E-state index in [9.17, 15) is 0 Å². The molecule has 1 saturated heterocycles. The van der Waals surface area contributed by atoms with E-state index >= 15 is 0 Å². The molecule has 0 amide bonds. The molecule has 1 aliphatic carbocycles. The fraction of sp³-hybridized carbons (Fsp3) is 0.647. The van der Waals surface area contributed by atoms with Gasteiger partial charge in [-0.2, -0.15) is 0 Å². The van der Waals surface area contributed by atoms with Crippen LogP contribution in [-0.4, -0.2) is 19.1 Å². The maximum atomic E-state index is 6.17. The summed E-state index contributed by atoms with van der Waals surface area (Å²) in [5.41, 5.74) is 9.01. The first-order chi connectivity index (χ1) is 9.67. The van der Waals surface area contributed by atoms with E-state index in [1.165, 1.54) is 48.1 Å². The first kappa shape index (κ1) is 14.4. The first-order valence-corrected chi connectivity index (χ1v) is 8.75. The predicted octanol–water partition coefficient (Wildman–Crippen LogP) is 3.97. The van der Waals surface area contributed by atoms with E-state index < -0.39 is 0 Å². The Kier molecular flexibility index (Phi) is 4.37. The second kappa shape index (κ2) is 6.07. The monoisotopic (exact) mass is 336 g/mol. The largest absolute Gasteiger partial charge is 0.371 e. The molecule has 3 heteroatoms. The summed E-state index contributed by atoms with van der Waals surface area (Å²) in [5.74, 6) is 1.86. The fourth-order valence-electron chi connectivity index (χ4n) is 3.86. The average molecular weight is 337 g/mol. The van der Waals surface area contributed by atoms with E-state index in [1.54, 1.807) is 0 Å². The second-order valence-electron chi connectivity index (χ2n) is 6.50. The summed E-state index contributed by atoms with van der Waals surface area (Å²) in [7, 11) is 0. The van der Waals surface area contributed by atoms with Crippen LogP contribution in [0.2, 0.25) is 0 Å². The summed E-state index contributed by atoms with van der Waals surface area (Å²) in [4.78, 5) is 2.61. The Labute approximate surface area is 130 Å². The van der Waals surface area contributed by atoms with Crippen molar-refractivity contribution in [3.05, 3.63) is 28.2 Å². The number of rotatable bonds is 4. The molecule has 1 aromatic carbocycles. The molecular formula is C17H25BrN2. The van der Waals surface area contributed by atoms with Gasteiger partial charge in [0, 0.05) is 29.3 Å². The summed E-state index contributed by atoms with van der Waals surface area (Å²) < 4.78 is 1.18. The van der Waals surface area contributed by atoms with Crippen molar-refractivity contribution in [2.45, 2.75) is 45.1 Å². The van der Waals surface area contributed by atoms with E-state index in [1.807, 2.05) is 0 Å². The third kappa shape index (κ3) is 2.89. The van der Waals surface area contributed by atoms with Gasteiger partial charge in [-0.05, 0) is 55.2 Å². The molecule has 2 N–H and O–H groups in total. The van der Waals surface area contributed by atoms with Crippen LogP contribution in [0, 0.1) is 11.8 Å². The smallest absolute Gasteiger partial charge is 0.0410 e. The Morgan fingerprint density at radius 2 is 2.00 bits per heavy atom. The molecule has 2 nitrogen and oxygen atoms in total. The molecule has 3 unspecified atom stereocenters. The number of hydrogen-bond acceptors (Lipinski definition) is 2. The van der Waals surface area contributed by atoms with Crippen molar-refractivity contribution in [2.75, 3.05) is 18.0 Å². The van der Waals surface area contributed by atoms with Gasteiger partial charge in [0.2, 0.25) is 0 Å². The quantitative estimate of drug-likeness (QED) is 0.901. The minimum Gasteiger partial charge on any atom is -0.371 e. The highest BCUT2D eigenvalue weighted by atomic mass is 79.9. The summed E-state index contributed by atoms with van der Waals surface area (Å²) in [6.07, 6.45) is 6.33. The molecule has 3 rings (SSSR count). The SMILES string of the molecule is CCC(N)Cc1ccc(Br)cc1N1CC2CCCC2C1. The van der Waals surface area contributed by atoms with E-state index in [0.717, 1.165) is 24.7 Å². The van der Waals surface area contributed by atoms with Crippen LogP contribution in [0.5, 0.6) is 0 Å². The number of nitrogens with two attached hydrogens (primary N) is 1. The lowest BCUT2D eigenvalue weighted by atomic mass is 10.0. The highest BCUT2D eigenvalue weighted by Gasteiger charge is 2.36. The van der Waals surface area contributed by atoms with Gasteiger partial charge >= 0.3 is 0 Å². The van der Waals surface area contributed by atoms with Gasteiger partial charge in [0.05, 0.1) is 0 Å². The van der Waals surface area contributed by atoms with Gasteiger partial charge in [-0.25, -0.2) is 0 Å². The van der Waals surface area contributed by atoms with Gasteiger partial charge in [0.25, 0.3) is 0 Å². The predicted molar refractivity (Wildman–Crippen MR) is 89.2 cm³/mol. The summed E-state index contributed by atoms with van der Waals surface area (Å²) in [6, 6.07) is 6.97. The minimum atomic E-state index is 0.275. The lowest BCUT2D eigenvalue weighted by Gasteiger charge is -2.24. The Morgan fingerprint density at radius 3 is 2.65 bits per heavy atom. The molecule has 1 saturated carbocycles. The van der Waals surface area contributed by atoms with E-state index in [-0.39, 0.29) is 6.04 Å². The van der Waals surface area contributed by atoms with Crippen LogP contribution in [0.3, 0.4) is 0 Å². The molecule has 1 aliphatic heterocycles. The Morgan fingerprint density at radius 1 is 1.30 bits per heavy atom. The van der Waals surface area contributed by atoms with Crippen molar-refractivity contribution in [3.63, 3.8) is 0 Å². The maximum absolute atomic E-state index is 6.17. The van der Waals surface area contributed by atoms with Crippen LogP contribution >= 0.6 is 15.9 Å². The van der Waals surface area contributed by atoms with Gasteiger partial charge < -0.3 is 10.6 Å². The molecule has 0 aromatic heterocycles. The van der Waals surface area contributed by atoms with Crippen LogP contribution < -0.4 is 10.6 Å². The van der Waals surface area contributed by atoms with Gasteiger partial charge in [-0.3, -0.25) is 0 Å². The number of fused-ring (bicyclic) bond motifs is 1. The average Bonchev–Trinajstić information content (AvgIpc) is 3.01. The number of nitrogens with zero attached hydrogens (tertiary/aromatic N) is 1. The van der Waals surface area contributed by atoms with Gasteiger partial charge in [0.1, 0.15) is 0 Å². The lowest BCUT2D eigenvalue weighted by molar-refractivity contribution is 0.494. The minimum absolute atomic E-state index is 0.275. The Hall–Kier alpha value is -0.540. The highest BCUT2D eigenvalue weighted by molar-refractivity contribution is 9.10. The van der Waals surface area contributed by atoms with Crippen molar-refractivity contribution in [3.8, 4) is 0 Å². The number of halogens is 1. The highest BCUT2D eigenvalue weighted by Crippen LogP contribution is 2.41. The third-order valence-electron chi connectivity index (χ3n) is 5.12. The van der Waals surface area contributed by atoms with Crippen molar-refractivity contribution in [1.29, 1.82) is 0 Å². The molecule has 1 heterocycles. The Balaban J connectivity index is 1.82. The number of benzene rings is 1. The molecule has 3 atom stereocenters. The number of anilines is 1. The lowest BCUT2D eigenvalue weighted by Crippen LogP contribution is -2.26. The zero-order valence-corrected chi connectivity index (χ0v) is 13.9. The van der Waals surface area contributed by atoms with Crippen molar-refractivity contribution in [1.82, 2.24) is 0 Å². The van der Waals surface area contributed by atoms with Crippen LogP contribution in [0.25, 0.3) is 0 Å². The molecule has 20 heavy (non-hydrogen) atoms. The van der Waals surface area contributed by atoms with Crippen LogP contribution in [0.1, 0.15) is 38.2 Å². The third-order valence-corrected chi connectivity index (χ3v) is 5.61. The van der Waals surface area contributed by atoms with Crippen LogP contribution in [0.4, 0.5) is 5.69 Å².